The first-order chi connectivity index (χ1) is 15.2. The number of guanidine groups is 1. The smallest absolute Gasteiger partial charge is 0.191 e. The molecule has 0 aromatic heterocycles. The van der Waals surface area contributed by atoms with Crippen LogP contribution in [0.5, 0.6) is 11.5 Å². The van der Waals surface area contributed by atoms with Gasteiger partial charge in [-0.1, -0.05) is 36.4 Å². The zero-order valence-corrected chi connectivity index (χ0v) is 19.2. The van der Waals surface area contributed by atoms with E-state index in [9.17, 15) is 0 Å². The van der Waals surface area contributed by atoms with Gasteiger partial charge in [-0.15, -0.1) is 0 Å². The van der Waals surface area contributed by atoms with Crippen molar-refractivity contribution >= 4 is 5.96 Å². The van der Waals surface area contributed by atoms with Crippen LogP contribution in [0.4, 0.5) is 0 Å². The Morgan fingerprint density at radius 1 is 0.968 bits per heavy atom. The van der Waals surface area contributed by atoms with Gasteiger partial charge >= 0.3 is 0 Å². The molecule has 0 saturated heterocycles. The number of nitrogens with zero attached hydrogens (tertiary/aromatic N) is 2. The Hall–Kier alpha value is -2.77. The van der Waals surface area contributed by atoms with Crippen molar-refractivity contribution in [2.75, 3.05) is 54.6 Å². The van der Waals surface area contributed by atoms with Gasteiger partial charge in [-0.3, -0.25) is 4.99 Å². The zero-order valence-electron chi connectivity index (χ0n) is 19.2. The van der Waals surface area contributed by atoms with Crippen LogP contribution in [-0.4, -0.2) is 65.4 Å². The fraction of sp³-hybridized carbons (Fsp3) is 0.458. The van der Waals surface area contributed by atoms with Crippen molar-refractivity contribution in [3.63, 3.8) is 0 Å². The summed E-state index contributed by atoms with van der Waals surface area (Å²) in [4.78, 5) is 6.57. The number of methoxy groups -OCH3 is 2. The number of ether oxygens (including phenoxy) is 3. The maximum atomic E-state index is 5.93. The predicted molar refractivity (Wildman–Crippen MR) is 126 cm³/mol. The molecule has 0 spiro atoms. The van der Waals surface area contributed by atoms with E-state index in [2.05, 4.69) is 27.6 Å². The summed E-state index contributed by atoms with van der Waals surface area (Å²) in [6, 6.07) is 16.1. The van der Waals surface area contributed by atoms with Crippen molar-refractivity contribution in [3.05, 3.63) is 59.7 Å². The van der Waals surface area contributed by atoms with E-state index in [0.717, 1.165) is 61.2 Å². The number of likely N-dealkylation sites (N-methyl/N-ethyl adjacent to an activating group) is 1. The Kier molecular flexibility index (Phi) is 11.3. The van der Waals surface area contributed by atoms with Gasteiger partial charge in [0.05, 0.1) is 7.11 Å². The Morgan fingerprint density at radius 2 is 1.77 bits per heavy atom. The van der Waals surface area contributed by atoms with Gasteiger partial charge in [0.15, 0.2) is 17.5 Å². The molecule has 2 aromatic rings. The molecule has 7 heteroatoms. The van der Waals surface area contributed by atoms with Crippen LogP contribution in [0.25, 0.3) is 0 Å². The molecule has 0 unspecified atom stereocenters. The summed E-state index contributed by atoms with van der Waals surface area (Å²) in [6.45, 7) is 4.70. The monoisotopic (exact) mass is 428 g/mol. The lowest BCUT2D eigenvalue weighted by Crippen LogP contribution is -2.40. The van der Waals surface area contributed by atoms with E-state index >= 15 is 0 Å². The first-order valence-electron chi connectivity index (χ1n) is 10.6. The molecule has 0 atom stereocenters. The second-order valence-electron chi connectivity index (χ2n) is 7.26. The highest BCUT2D eigenvalue weighted by atomic mass is 16.5. The van der Waals surface area contributed by atoms with Gasteiger partial charge in [0.25, 0.3) is 0 Å². The fourth-order valence-electron chi connectivity index (χ4n) is 3.04. The first kappa shape index (κ1) is 24.5. The molecule has 0 aliphatic rings. The summed E-state index contributed by atoms with van der Waals surface area (Å²) in [6.07, 6.45) is 1.03. The van der Waals surface area contributed by atoms with Gasteiger partial charge in [-0.25, -0.2) is 0 Å². The van der Waals surface area contributed by atoms with Crippen LogP contribution >= 0.6 is 0 Å². The Labute approximate surface area is 186 Å². The molecule has 2 aromatic carbocycles. The molecule has 170 valence electrons. The highest BCUT2D eigenvalue weighted by molar-refractivity contribution is 5.79. The summed E-state index contributed by atoms with van der Waals surface area (Å²) in [5, 5.41) is 6.69. The number of hydrogen-bond donors (Lipinski definition) is 2. The van der Waals surface area contributed by atoms with E-state index in [0.29, 0.717) is 13.2 Å². The predicted octanol–water partition coefficient (Wildman–Crippen LogP) is 2.91. The number of rotatable bonds is 13. The number of nitrogens with one attached hydrogen (secondary N) is 2. The molecule has 2 rings (SSSR count). The third kappa shape index (κ3) is 9.27. The van der Waals surface area contributed by atoms with Crippen LogP contribution in [0.15, 0.2) is 53.5 Å². The fourth-order valence-corrected chi connectivity index (χ4v) is 3.04. The van der Waals surface area contributed by atoms with E-state index in [1.54, 1.807) is 21.3 Å². The van der Waals surface area contributed by atoms with E-state index in [1.807, 2.05) is 48.5 Å². The van der Waals surface area contributed by atoms with E-state index in [4.69, 9.17) is 14.2 Å². The largest absolute Gasteiger partial charge is 0.493 e. The molecular formula is C24H36N4O3. The van der Waals surface area contributed by atoms with Crippen LogP contribution in [0.1, 0.15) is 17.5 Å². The summed E-state index contributed by atoms with van der Waals surface area (Å²) < 4.78 is 16.6. The molecular weight excluding hydrogens is 392 g/mol. The minimum Gasteiger partial charge on any atom is -0.493 e. The highest BCUT2D eigenvalue weighted by Gasteiger charge is 2.07. The van der Waals surface area contributed by atoms with E-state index < -0.39 is 0 Å². The highest BCUT2D eigenvalue weighted by Crippen LogP contribution is 2.28. The van der Waals surface area contributed by atoms with Crippen molar-refractivity contribution in [2.45, 2.75) is 19.6 Å². The quantitative estimate of drug-likeness (QED) is 0.291. The second kappa shape index (κ2) is 14.3. The molecule has 31 heavy (non-hydrogen) atoms. The van der Waals surface area contributed by atoms with Gasteiger partial charge < -0.3 is 29.7 Å². The van der Waals surface area contributed by atoms with E-state index in [-0.39, 0.29) is 0 Å². The molecule has 0 radical (unpaired) electrons. The van der Waals surface area contributed by atoms with Crippen molar-refractivity contribution in [1.29, 1.82) is 0 Å². The lowest BCUT2D eigenvalue weighted by molar-refractivity contribution is 0.180. The Morgan fingerprint density at radius 3 is 2.48 bits per heavy atom. The van der Waals surface area contributed by atoms with Crippen molar-refractivity contribution in [1.82, 2.24) is 15.5 Å². The molecule has 0 fully saturated rings. The molecule has 0 aliphatic heterocycles. The van der Waals surface area contributed by atoms with Gasteiger partial charge in [0.2, 0.25) is 0 Å². The molecule has 0 saturated carbocycles. The first-order valence-corrected chi connectivity index (χ1v) is 10.6. The van der Waals surface area contributed by atoms with Crippen LogP contribution in [0.2, 0.25) is 0 Å². The van der Waals surface area contributed by atoms with Crippen molar-refractivity contribution in [2.24, 2.45) is 4.99 Å². The maximum Gasteiger partial charge on any atom is 0.191 e. The van der Waals surface area contributed by atoms with Crippen LogP contribution in [0, 0.1) is 0 Å². The SMILES string of the molecule is CN=C(NCCN(C)CCCOC)NCc1ccc(OCc2ccccc2)c(OC)c1. The minimum absolute atomic E-state index is 0.505. The topological polar surface area (TPSA) is 67.4 Å². The summed E-state index contributed by atoms with van der Waals surface area (Å²) >= 11 is 0. The normalized spacial score (nSPS) is 11.5. The summed E-state index contributed by atoms with van der Waals surface area (Å²) in [7, 11) is 7.28. The number of hydrogen-bond acceptors (Lipinski definition) is 5. The van der Waals surface area contributed by atoms with Crippen molar-refractivity contribution in [3.8, 4) is 11.5 Å². The van der Waals surface area contributed by atoms with Gasteiger partial charge in [-0.05, 0) is 36.7 Å². The van der Waals surface area contributed by atoms with Crippen LogP contribution in [-0.2, 0) is 17.9 Å². The molecule has 7 nitrogen and oxygen atoms in total. The van der Waals surface area contributed by atoms with Crippen LogP contribution < -0.4 is 20.1 Å². The van der Waals surface area contributed by atoms with Gasteiger partial charge in [-0.2, -0.15) is 0 Å². The lowest BCUT2D eigenvalue weighted by atomic mass is 10.2. The standard InChI is InChI=1S/C24H36N4O3/c1-25-24(26-13-15-28(2)14-8-16-29-3)27-18-21-11-12-22(23(17-21)30-4)31-19-20-9-6-5-7-10-20/h5-7,9-12,17H,8,13-16,18-19H2,1-4H3,(H2,25,26,27). The van der Waals surface area contributed by atoms with E-state index in [1.165, 1.54) is 0 Å². The molecule has 2 N–H and O–H groups in total. The maximum absolute atomic E-state index is 5.93. The lowest BCUT2D eigenvalue weighted by Gasteiger charge is -2.18. The average molecular weight is 429 g/mol. The molecule has 0 amide bonds. The van der Waals surface area contributed by atoms with Gasteiger partial charge in [0, 0.05) is 46.9 Å². The molecule has 0 aliphatic carbocycles. The third-order valence-electron chi connectivity index (χ3n) is 4.82. The third-order valence-corrected chi connectivity index (χ3v) is 4.82. The second-order valence-corrected chi connectivity index (χ2v) is 7.26. The Balaban J connectivity index is 1.79. The van der Waals surface area contributed by atoms with Gasteiger partial charge in [0.1, 0.15) is 6.61 Å². The summed E-state index contributed by atoms with van der Waals surface area (Å²) in [5.74, 6) is 2.22. The zero-order chi connectivity index (χ0) is 22.3. The van der Waals surface area contributed by atoms with Crippen molar-refractivity contribution < 1.29 is 14.2 Å². The average Bonchev–Trinajstić information content (AvgIpc) is 2.81. The molecule has 0 heterocycles. The summed E-state index contributed by atoms with van der Waals surface area (Å²) in [5.41, 5.74) is 2.21. The molecule has 0 bridgehead atoms. The number of aliphatic imine (C=N–C) groups is 1. The number of benzene rings is 2. The van der Waals surface area contributed by atoms with Crippen LogP contribution in [0.3, 0.4) is 0 Å². The minimum atomic E-state index is 0.505. The Bertz CT molecular complexity index is 784.